The lowest BCUT2D eigenvalue weighted by atomic mass is 10.3. The molecule has 92 valence electrons. The van der Waals surface area contributed by atoms with Crippen LogP contribution in [-0.4, -0.2) is 26.3 Å². The first-order chi connectivity index (χ1) is 8.16. The van der Waals surface area contributed by atoms with Crippen LogP contribution in [0.15, 0.2) is 5.38 Å². The topological polar surface area (TPSA) is 55.6 Å². The zero-order valence-electron chi connectivity index (χ0n) is 10.4. The average molecular weight is 251 g/mol. The van der Waals surface area contributed by atoms with Crippen LogP contribution in [0.25, 0.3) is 0 Å². The summed E-state index contributed by atoms with van der Waals surface area (Å²) in [6, 6.07) is 0. The highest BCUT2D eigenvalue weighted by Crippen LogP contribution is 2.07. The highest BCUT2D eigenvalue weighted by atomic mass is 32.1. The Labute approximate surface area is 105 Å². The molecule has 0 amide bonds. The van der Waals surface area contributed by atoms with E-state index in [0.717, 1.165) is 41.9 Å². The number of thiazole rings is 1. The lowest BCUT2D eigenvalue weighted by Gasteiger charge is -2.03. The van der Waals surface area contributed by atoms with E-state index in [-0.39, 0.29) is 0 Å². The third-order valence-corrected chi connectivity index (χ3v) is 3.51. The van der Waals surface area contributed by atoms with Crippen LogP contribution in [0.4, 0.5) is 0 Å². The Kier molecular flexibility index (Phi) is 3.86. The minimum absolute atomic E-state index is 0.750. The predicted octanol–water partition coefficient (Wildman–Crippen LogP) is 1.22. The summed E-state index contributed by atoms with van der Waals surface area (Å²) in [5.74, 6) is 1.91. The molecule has 5 nitrogen and oxygen atoms in total. The largest absolute Gasteiger partial charge is 0.317 e. The molecular formula is C11H17N5S. The van der Waals surface area contributed by atoms with Gasteiger partial charge in [0.1, 0.15) is 11.6 Å². The van der Waals surface area contributed by atoms with Gasteiger partial charge in [-0.25, -0.2) is 4.98 Å². The van der Waals surface area contributed by atoms with Crippen LogP contribution in [0.5, 0.6) is 0 Å². The zero-order valence-corrected chi connectivity index (χ0v) is 11.2. The Bertz CT molecular complexity index is 488. The Balaban J connectivity index is 1.75. The molecular weight excluding hydrogens is 234 g/mol. The minimum Gasteiger partial charge on any atom is -0.317 e. The second-order valence-corrected chi connectivity index (χ2v) is 5.07. The molecule has 0 saturated carbocycles. The van der Waals surface area contributed by atoms with Crippen molar-refractivity contribution >= 4 is 11.3 Å². The number of aromatic nitrogens is 4. The summed E-state index contributed by atoms with van der Waals surface area (Å²) in [5.41, 5.74) is 1.16. The highest BCUT2D eigenvalue weighted by Gasteiger charge is 2.04. The molecule has 6 heteroatoms. The molecule has 0 unspecified atom stereocenters. The number of rotatable bonds is 5. The van der Waals surface area contributed by atoms with E-state index in [1.807, 2.05) is 25.5 Å². The van der Waals surface area contributed by atoms with Gasteiger partial charge in [0.25, 0.3) is 0 Å². The van der Waals surface area contributed by atoms with Gasteiger partial charge in [0, 0.05) is 25.4 Å². The van der Waals surface area contributed by atoms with Gasteiger partial charge < -0.3 is 9.88 Å². The molecule has 0 radical (unpaired) electrons. The van der Waals surface area contributed by atoms with Crippen molar-refractivity contribution in [1.82, 2.24) is 25.1 Å². The third-order valence-electron chi connectivity index (χ3n) is 2.69. The first-order valence-corrected chi connectivity index (χ1v) is 6.51. The van der Waals surface area contributed by atoms with Gasteiger partial charge in [0.05, 0.1) is 17.2 Å². The van der Waals surface area contributed by atoms with E-state index in [9.17, 15) is 0 Å². The van der Waals surface area contributed by atoms with Crippen LogP contribution >= 0.6 is 11.3 Å². The standard InChI is InChI=1S/C11H17N5S/c1-8-14-15-11(16(8)3)6-12-5-4-10-7-17-9(2)13-10/h7,12H,4-6H2,1-3H3. The fourth-order valence-electron chi connectivity index (χ4n) is 1.54. The maximum atomic E-state index is 4.42. The van der Waals surface area contributed by atoms with Crippen molar-refractivity contribution in [2.75, 3.05) is 6.54 Å². The molecule has 0 fully saturated rings. The fraction of sp³-hybridized carbons (Fsp3) is 0.545. The van der Waals surface area contributed by atoms with Gasteiger partial charge in [-0.15, -0.1) is 21.5 Å². The average Bonchev–Trinajstić information content (AvgIpc) is 2.84. The third kappa shape index (κ3) is 3.10. The molecule has 2 aromatic heterocycles. The van der Waals surface area contributed by atoms with Crippen LogP contribution in [0.1, 0.15) is 22.4 Å². The van der Waals surface area contributed by atoms with Crippen molar-refractivity contribution in [3.8, 4) is 0 Å². The van der Waals surface area contributed by atoms with Crippen molar-refractivity contribution in [3.63, 3.8) is 0 Å². The van der Waals surface area contributed by atoms with Crippen LogP contribution in [-0.2, 0) is 20.0 Å². The molecule has 0 atom stereocenters. The van der Waals surface area contributed by atoms with Crippen LogP contribution in [0, 0.1) is 13.8 Å². The van der Waals surface area contributed by atoms with E-state index in [1.165, 1.54) is 0 Å². The second-order valence-electron chi connectivity index (χ2n) is 4.01. The molecule has 0 saturated heterocycles. The summed E-state index contributed by atoms with van der Waals surface area (Å²) in [4.78, 5) is 4.42. The SMILES string of the molecule is Cc1nc(CCNCc2nnc(C)n2C)cs1. The summed E-state index contributed by atoms with van der Waals surface area (Å²) in [6.07, 6.45) is 0.959. The molecule has 2 rings (SSSR count). The first kappa shape index (κ1) is 12.2. The number of aryl methyl sites for hydroxylation is 2. The predicted molar refractivity (Wildman–Crippen MR) is 68.0 cm³/mol. The van der Waals surface area contributed by atoms with Crippen LogP contribution in [0.2, 0.25) is 0 Å². The maximum absolute atomic E-state index is 4.42. The normalized spacial score (nSPS) is 11.0. The van der Waals surface area contributed by atoms with E-state index < -0.39 is 0 Å². The van der Waals surface area contributed by atoms with Crippen molar-refractivity contribution in [2.24, 2.45) is 7.05 Å². The van der Waals surface area contributed by atoms with Gasteiger partial charge in [0.15, 0.2) is 0 Å². The van der Waals surface area contributed by atoms with Crippen molar-refractivity contribution in [2.45, 2.75) is 26.8 Å². The summed E-state index contributed by atoms with van der Waals surface area (Å²) in [6.45, 7) is 5.65. The van der Waals surface area contributed by atoms with Gasteiger partial charge in [-0.3, -0.25) is 0 Å². The van der Waals surface area contributed by atoms with Gasteiger partial charge in [0.2, 0.25) is 0 Å². The van der Waals surface area contributed by atoms with Crippen LogP contribution < -0.4 is 5.32 Å². The Morgan fingerprint density at radius 2 is 2.18 bits per heavy atom. The quantitative estimate of drug-likeness (QED) is 0.812. The molecule has 0 aromatic carbocycles. The van der Waals surface area contributed by atoms with Crippen LogP contribution in [0.3, 0.4) is 0 Å². The second kappa shape index (κ2) is 5.37. The molecule has 17 heavy (non-hydrogen) atoms. The monoisotopic (exact) mass is 251 g/mol. The molecule has 0 aliphatic heterocycles. The van der Waals surface area contributed by atoms with E-state index >= 15 is 0 Å². The Morgan fingerprint density at radius 1 is 1.35 bits per heavy atom. The van der Waals surface area contributed by atoms with Gasteiger partial charge in [-0.1, -0.05) is 0 Å². The molecule has 2 heterocycles. The smallest absolute Gasteiger partial charge is 0.146 e. The Morgan fingerprint density at radius 3 is 2.76 bits per heavy atom. The van der Waals surface area contributed by atoms with E-state index in [1.54, 1.807) is 11.3 Å². The lowest BCUT2D eigenvalue weighted by Crippen LogP contribution is -2.19. The minimum atomic E-state index is 0.750. The first-order valence-electron chi connectivity index (χ1n) is 5.63. The lowest BCUT2D eigenvalue weighted by molar-refractivity contribution is 0.630. The van der Waals surface area contributed by atoms with Gasteiger partial charge in [-0.2, -0.15) is 0 Å². The molecule has 0 bridgehead atoms. The van der Waals surface area contributed by atoms with Crippen molar-refractivity contribution < 1.29 is 0 Å². The van der Waals surface area contributed by atoms with Gasteiger partial charge >= 0.3 is 0 Å². The fourth-order valence-corrected chi connectivity index (χ4v) is 2.19. The number of nitrogens with one attached hydrogen (secondary N) is 1. The molecule has 0 aliphatic carbocycles. The zero-order chi connectivity index (χ0) is 12.3. The maximum Gasteiger partial charge on any atom is 0.146 e. The molecule has 0 aliphatic rings. The van der Waals surface area contributed by atoms with Crippen molar-refractivity contribution in [3.05, 3.63) is 27.7 Å². The van der Waals surface area contributed by atoms with E-state index in [0.29, 0.717) is 0 Å². The summed E-state index contributed by atoms with van der Waals surface area (Å²) >= 11 is 1.70. The molecule has 1 N–H and O–H groups in total. The summed E-state index contributed by atoms with van der Waals surface area (Å²) in [5, 5.41) is 14.7. The Hall–Kier alpha value is -1.27. The van der Waals surface area contributed by atoms with E-state index in [2.05, 4.69) is 25.9 Å². The van der Waals surface area contributed by atoms with E-state index in [4.69, 9.17) is 0 Å². The van der Waals surface area contributed by atoms with Crippen molar-refractivity contribution in [1.29, 1.82) is 0 Å². The number of hydrogen-bond acceptors (Lipinski definition) is 5. The summed E-state index contributed by atoms with van der Waals surface area (Å²) < 4.78 is 2.00. The summed E-state index contributed by atoms with van der Waals surface area (Å²) in [7, 11) is 1.98. The highest BCUT2D eigenvalue weighted by molar-refractivity contribution is 7.09. The number of nitrogens with zero attached hydrogens (tertiary/aromatic N) is 4. The number of hydrogen-bond donors (Lipinski definition) is 1. The van der Waals surface area contributed by atoms with Gasteiger partial charge in [-0.05, 0) is 13.8 Å². The molecule has 0 spiro atoms. The molecule has 2 aromatic rings.